The highest BCUT2D eigenvalue weighted by Crippen LogP contribution is 2.35. The van der Waals surface area contributed by atoms with Gasteiger partial charge >= 0.3 is 0 Å². The van der Waals surface area contributed by atoms with E-state index in [-0.39, 0.29) is 22.9 Å². The van der Waals surface area contributed by atoms with Crippen LogP contribution in [0.15, 0.2) is 48.5 Å². The van der Waals surface area contributed by atoms with Gasteiger partial charge in [-0.15, -0.1) is 0 Å². The van der Waals surface area contributed by atoms with Crippen LogP contribution in [0.5, 0.6) is 11.5 Å². The van der Waals surface area contributed by atoms with E-state index in [1.807, 2.05) is 12.1 Å². The predicted molar refractivity (Wildman–Crippen MR) is 114 cm³/mol. The lowest BCUT2D eigenvalue weighted by Crippen LogP contribution is -2.29. The molecule has 0 aliphatic carbocycles. The minimum atomic E-state index is -0.255. The van der Waals surface area contributed by atoms with Crippen molar-refractivity contribution >= 4 is 11.5 Å². The number of phenolic OH excluding ortho intramolecular Hbond substituents is 2. The topological polar surface area (TPSA) is 106 Å². The molecular formula is C23H22N4O2. The third-order valence-electron chi connectivity index (χ3n) is 5.33. The zero-order valence-electron chi connectivity index (χ0n) is 16.0. The molecule has 4 rings (SSSR count). The number of anilines is 2. The van der Waals surface area contributed by atoms with Gasteiger partial charge in [-0.05, 0) is 55.2 Å². The maximum Gasteiger partial charge on any atom is 0.158 e. The Bertz CT molecular complexity index is 1080. The molecule has 2 aromatic carbocycles. The molecule has 0 radical (unpaired) electrons. The fourth-order valence-electron chi connectivity index (χ4n) is 3.74. The molecule has 1 saturated heterocycles. The summed E-state index contributed by atoms with van der Waals surface area (Å²) in [6.45, 7) is 2.16. The predicted octanol–water partition coefficient (Wildman–Crippen LogP) is 4.27. The number of pyridine rings is 1. The van der Waals surface area contributed by atoms with Gasteiger partial charge in [-0.1, -0.05) is 18.2 Å². The van der Waals surface area contributed by atoms with Gasteiger partial charge in [0.25, 0.3) is 0 Å². The number of nitrogen functional groups attached to an aromatic ring is 1. The molecule has 0 spiro atoms. The Labute approximate surface area is 169 Å². The average molecular weight is 386 g/mol. The zero-order valence-corrected chi connectivity index (χ0v) is 16.0. The van der Waals surface area contributed by atoms with Crippen molar-refractivity contribution in [2.24, 2.45) is 0 Å². The normalized spacial score (nSPS) is 13.8. The molecule has 0 saturated carbocycles. The van der Waals surface area contributed by atoms with E-state index >= 15 is 0 Å². The van der Waals surface area contributed by atoms with Crippen LogP contribution >= 0.6 is 0 Å². The number of nitrogens with zero attached hydrogens (tertiary/aromatic N) is 3. The van der Waals surface area contributed by atoms with Gasteiger partial charge in [0, 0.05) is 29.9 Å². The van der Waals surface area contributed by atoms with Crippen LogP contribution in [-0.2, 0) is 0 Å². The first kappa shape index (κ1) is 18.6. The van der Waals surface area contributed by atoms with E-state index in [4.69, 9.17) is 5.73 Å². The molecule has 2 heterocycles. The molecule has 0 bridgehead atoms. The van der Waals surface area contributed by atoms with E-state index in [0.717, 1.165) is 18.7 Å². The molecule has 146 valence electrons. The molecule has 0 unspecified atom stereocenters. The second kappa shape index (κ2) is 7.72. The highest BCUT2D eigenvalue weighted by molar-refractivity contribution is 5.81. The number of phenols is 2. The number of benzene rings is 2. The SMILES string of the molecule is N#Cc1c(-c2ccc(O)c(O)c2)cc(-c2ccc(N3CCCCC3)cc2)nc1N. The Balaban J connectivity index is 1.74. The van der Waals surface area contributed by atoms with Crippen molar-refractivity contribution < 1.29 is 10.2 Å². The van der Waals surface area contributed by atoms with Gasteiger partial charge in [-0.25, -0.2) is 4.98 Å². The van der Waals surface area contributed by atoms with E-state index in [1.165, 1.54) is 37.1 Å². The maximum absolute atomic E-state index is 9.85. The van der Waals surface area contributed by atoms with Crippen LogP contribution in [0.1, 0.15) is 24.8 Å². The molecule has 1 aromatic heterocycles. The molecule has 1 fully saturated rings. The first-order valence-corrected chi connectivity index (χ1v) is 9.65. The van der Waals surface area contributed by atoms with E-state index < -0.39 is 0 Å². The van der Waals surface area contributed by atoms with Crippen LogP contribution in [0.4, 0.5) is 11.5 Å². The second-order valence-corrected chi connectivity index (χ2v) is 7.23. The summed E-state index contributed by atoms with van der Waals surface area (Å²) >= 11 is 0. The van der Waals surface area contributed by atoms with Crippen LogP contribution < -0.4 is 10.6 Å². The molecule has 3 aromatic rings. The number of hydrogen-bond acceptors (Lipinski definition) is 6. The summed E-state index contributed by atoms with van der Waals surface area (Å²) in [6.07, 6.45) is 3.73. The van der Waals surface area contributed by atoms with E-state index in [9.17, 15) is 15.5 Å². The third-order valence-corrected chi connectivity index (χ3v) is 5.33. The van der Waals surface area contributed by atoms with Gasteiger partial charge in [0.1, 0.15) is 17.5 Å². The van der Waals surface area contributed by atoms with Gasteiger partial charge in [0.15, 0.2) is 11.5 Å². The monoisotopic (exact) mass is 386 g/mol. The van der Waals surface area contributed by atoms with E-state index in [2.05, 4.69) is 28.1 Å². The minimum absolute atomic E-state index is 0.132. The lowest BCUT2D eigenvalue weighted by Gasteiger charge is -2.28. The molecule has 1 aliphatic rings. The average Bonchev–Trinajstić information content (AvgIpc) is 2.76. The van der Waals surface area contributed by atoms with Crippen molar-refractivity contribution in [1.82, 2.24) is 4.98 Å². The molecule has 29 heavy (non-hydrogen) atoms. The number of piperidine rings is 1. The van der Waals surface area contributed by atoms with Crippen LogP contribution in [0, 0.1) is 11.3 Å². The van der Waals surface area contributed by atoms with Crippen molar-refractivity contribution in [3.63, 3.8) is 0 Å². The number of hydrogen-bond donors (Lipinski definition) is 3. The number of nitrogens with two attached hydrogens (primary N) is 1. The van der Waals surface area contributed by atoms with Crippen molar-refractivity contribution in [2.45, 2.75) is 19.3 Å². The fourth-order valence-corrected chi connectivity index (χ4v) is 3.74. The highest BCUT2D eigenvalue weighted by atomic mass is 16.3. The summed E-state index contributed by atoms with van der Waals surface area (Å²) in [5.74, 6) is -0.343. The Kier molecular flexibility index (Phi) is 4.96. The summed E-state index contributed by atoms with van der Waals surface area (Å²) in [6, 6.07) is 16.5. The lowest BCUT2D eigenvalue weighted by atomic mass is 9.98. The summed E-state index contributed by atoms with van der Waals surface area (Å²) in [4.78, 5) is 6.80. The van der Waals surface area contributed by atoms with Gasteiger partial charge in [-0.3, -0.25) is 0 Å². The van der Waals surface area contributed by atoms with Gasteiger partial charge in [-0.2, -0.15) is 5.26 Å². The van der Waals surface area contributed by atoms with Crippen molar-refractivity contribution in [2.75, 3.05) is 23.7 Å². The first-order chi connectivity index (χ1) is 14.1. The third kappa shape index (κ3) is 3.67. The second-order valence-electron chi connectivity index (χ2n) is 7.23. The van der Waals surface area contributed by atoms with Crippen molar-refractivity contribution in [3.8, 4) is 40.0 Å². The van der Waals surface area contributed by atoms with Crippen LogP contribution in [-0.4, -0.2) is 28.3 Å². The van der Waals surface area contributed by atoms with Crippen molar-refractivity contribution in [3.05, 3.63) is 54.1 Å². The molecule has 6 heteroatoms. The van der Waals surface area contributed by atoms with E-state index in [1.54, 1.807) is 12.1 Å². The molecule has 0 atom stereocenters. The van der Waals surface area contributed by atoms with Crippen LogP contribution in [0.3, 0.4) is 0 Å². The summed E-state index contributed by atoms with van der Waals surface area (Å²) in [5.41, 5.74) is 10.2. The van der Waals surface area contributed by atoms with Crippen LogP contribution in [0.25, 0.3) is 22.4 Å². The number of aromatic nitrogens is 1. The van der Waals surface area contributed by atoms with Gasteiger partial charge in [0.2, 0.25) is 0 Å². The summed E-state index contributed by atoms with van der Waals surface area (Å²) in [5, 5.41) is 29.0. The Morgan fingerprint density at radius 3 is 2.24 bits per heavy atom. The van der Waals surface area contributed by atoms with Crippen molar-refractivity contribution in [1.29, 1.82) is 5.26 Å². The molecule has 4 N–H and O–H groups in total. The number of nitriles is 1. The number of rotatable bonds is 3. The highest BCUT2D eigenvalue weighted by Gasteiger charge is 2.16. The largest absolute Gasteiger partial charge is 0.504 e. The standard InChI is InChI=1S/C23H22N4O2/c24-14-19-18(16-6-9-21(28)22(29)12-16)13-20(26-23(19)25)15-4-7-17(8-5-15)27-10-2-1-3-11-27/h4-9,12-13,28-29H,1-3,10-11H2,(H2,25,26). The van der Waals surface area contributed by atoms with E-state index in [0.29, 0.717) is 16.8 Å². The Morgan fingerprint density at radius 1 is 0.897 bits per heavy atom. The molecule has 0 amide bonds. The van der Waals surface area contributed by atoms with Gasteiger partial charge in [0.05, 0.1) is 5.69 Å². The van der Waals surface area contributed by atoms with Gasteiger partial charge < -0.3 is 20.8 Å². The minimum Gasteiger partial charge on any atom is -0.504 e. The summed E-state index contributed by atoms with van der Waals surface area (Å²) < 4.78 is 0. The zero-order chi connectivity index (χ0) is 20.4. The maximum atomic E-state index is 9.85. The lowest BCUT2D eigenvalue weighted by molar-refractivity contribution is 0.404. The molecule has 1 aliphatic heterocycles. The number of aromatic hydroxyl groups is 2. The molecule has 6 nitrogen and oxygen atoms in total. The Hall–Kier alpha value is -3.72. The quantitative estimate of drug-likeness (QED) is 0.580. The molecular weight excluding hydrogens is 364 g/mol. The Morgan fingerprint density at radius 2 is 1.59 bits per heavy atom. The summed E-state index contributed by atoms with van der Waals surface area (Å²) in [7, 11) is 0. The fraction of sp³-hybridized carbons (Fsp3) is 0.217. The van der Waals surface area contributed by atoms with Crippen LogP contribution in [0.2, 0.25) is 0 Å². The smallest absolute Gasteiger partial charge is 0.158 e. The first-order valence-electron chi connectivity index (χ1n) is 9.65.